The van der Waals surface area contributed by atoms with Crippen LogP contribution in [0.15, 0.2) is 30.3 Å². The van der Waals surface area contributed by atoms with Crippen LogP contribution in [-0.2, 0) is 0 Å². The lowest BCUT2D eigenvalue weighted by Crippen LogP contribution is -2.38. The van der Waals surface area contributed by atoms with E-state index in [0.29, 0.717) is 17.8 Å². The number of hydrogen-bond acceptors (Lipinski definition) is 4. The maximum absolute atomic E-state index is 10.4. The molecule has 1 atom stereocenters. The summed E-state index contributed by atoms with van der Waals surface area (Å²) >= 11 is 0. The molecule has 0 radical (unpaired) electrons. The van der Waals surface area contributed by atoms with E-state index in [2.05, 4.69) is 31.1 Å². The zero-order valence-electron chi connectivity index (χ0n) is 12.0. The van der Waals surface area contributed by atoms with Crippen molar-refractivity contribution in [1.29, 1.82) is 5.26 Å². The Kier molecular flexibility index (Phi) is 4.03. The molecule has 0 unspecified atom stereocenters. The Morgan fingerprint density at radius 2 is 2.05 bits per heavy atom. The molecular formula is C16H19N3O. The van der Waals surface area contributed by atoms with Gasteiger partial charge in [0.05, 0.1) is 11.6 Å². The first kappa shape index (κ1) is 14.4. The zero-order valence-corrected chi connectivity index (χ0v) is 12.0. The molecule has 0 spiro atoms. The first-order valence-corrected chi connectivity index (χ1v) is 6.63. The lowest BCUT2D eigenvalue weighted by molar-refractivity contribution is 0.164. The molecule has 0 aliphatic carbocycles. The van der Waals surface area contributed by atoms with Crippen LogP contribution in [0.3, 0.4) is 0 Å². The van der Waals surface area contributed by atoms with Gasteiger partial charge in [-0.15, -0.1) is 0 Å². The van der Waals surface area contributed by atoms with Crippen LogP contribution in [0.4, 0.5) is 0 Å². The van der Waals surface area contributed by atoms with E-state index in [0.717, 1.165) is 10.9 Å². The van der Waals surface area contributed by atoms with Crippen molar-refractivity contribution in [3.05, 3.63) is 41.6 Å². The highest BCUT2D eigenvalue weighted by atomic mass is 16.3. The van der Waals surface area contributed by atoms with Gasteiger partial charge in [0.25, 0.3) is 0 Å². The molecule has 2 N–H and O–H groups in total. The third-order valence-electron chi connectivity index (χ3n) is 3.05. The average molecular weight is 269 g/mol. The van der Waals surface area contributed by atoms with Crippen molar-refractivity contribution in [1.82, 2.24) is 10.3 Å². The van der Waals surface area contributed by atoms with E-state index in [1.54, 1.807) is 6.07 Å². The van der Waals surface area contributed by atoms with Gasteiger partial charge in [-0.1, -0.05) is 18.2 Å². The quantitative estimate of drug-likeness (QED) is 0.898. The molecule has 1 aromatic carbocycles. The molecule has 1 heterocycles. The van der Waals surface area contributed by atoms with Crippen molar-refractivity contribution in [3.63, 3.8) is 0 Å². The van der Waals surface area contributed by atoms with Crippen molar-refractivity contribution >= 4 is 10.9 Å². The first-order chi connectivity index (χ1) is 9.40. The Bertz CT molecular complexity index is 653. The van der Waals surface area contributed by atoms with Crippen LogP contribution in [0, 0.1) is 11.3 Å². The second kappa shape index (κ2) is 5.58. The monoisotopic (exact) mass is 269 g/mol. The molecule has 4 heteroatoms. The predicted octanol–water partition coefficient (Wildman–Crippen LogP) is 2.53. The van der Waals surface area contributed by atoms with Gasteiger partial charge in [0, 0.05) is 23.0 Å². The van der Waals surface area contributed by atoms with Gasteiger partial charge >= 0.3 is 0 Å². The number of hydrogen-bond donors (Lipinski definition) is 2. The number of aromatic nitrogens is 1. The molecular weight excluding hydrogens is 250 g/mol. The predicted molar refractivity (Wildman–Crippen MR) is 79.2 cm³/mol. The Morgan fingerprint density at radius 1 is 1.30 bits per heavy atom. The lowest BCUT2D eigenvalue weighted by Gasteiger charge is -2.23. The number of benzene rings is 1. The van der Waals surface area contributed by atoms with Crippen molar-refractivity contribution in [2.75, 3.05) is 6.54 Å². The van der Waals surface area contributed by atoms with Crippen LogP contribution in [-0.4, -0.2) is 22.2 Å². The Labute approximate surface area is 119 Å². The molecule has 20 heavy (non-hydrogen) atoms. The number of nitriles is 1. The smallest absolute Gasteiger partial charge is 0.141 e. The van der Waals surface area contributed by atoms with E-state index in [1.807, 2.05) is 30.3 Å². The van der Waals surface area contributed by atoms with E-state index >= 15 is 0 Å². The van der Waals surface area contributed by atoms with E-state index in [4.69, 9.17) is 5.26 Å². The number of rotatable bonds is 3. The van der Waals surface area contributed by atoms with Gasteiger partial charge in [-0.2, -0.15) is 5.26 Å². The highest BCUT2D eigenvalue weighted by molar-refractivity contribution is 5.82. The molecule has 1 aromatic heterocycles. The van der Waals surface area contributed by atoms with Crippen LogP contribution >= 0.6 is 0 Å². The molecule has 0 fully saturated rings. The first-order valence-electron chi connectivity index (χ1n) is 6.63. The largest absolute Gasteiger partial charge is 0.387 e. The number of nitrogens with one attached hydrogen (secondary N) is 1. The molecule has 2 rings (SSSR count). The summed E-state index contributed by atoms with van der Waals surface area (Å²) in [7, 11) is 0. The van der Waals surface area contributed by atoms with Crippen LogP contribution in [0.1, 0.15) is 38.1 Å². The number of fused-ring (bicyclic) bond motifs is 1. The van der Waals surface area contributed by atoms with Crippen molar-refractivity contribution < 1.29 is 5.11 Å². The maximum Gasteiger partial charge on any atom is 0.141 e. The highest BCUT2D eigenvalue weighted by Gasteiger charge is 2.16. The molecule has 0 bridgehead atoms. The number of aliphatic hydroxyl groups is 1. The molecule has 4 nitrogen and oxygen atoms in total. The second-order valence-corrected chi connectivity index (χ2v) is 5.87. The minimum atomic E-state index is -0.653. The number of β-amino-alcohol motifs (C(OH)–C–C–N with tert-alkyl or cyclic N) is 1. The fourth-order valence-electron chi connectivity index (χ4n) is 2.01. The van der Waals surface area contributed by atoms with Gasteiger partial charge in [0.1, 0.15) is 11.8 Å². The topological polar surface area (TPSA) is 68.9 Å². The van der Waals surface area contributed by atoms with E-state index < -0.39 is 6.10 Å². The summed E-state index contributed by atoms with van der Waals surface area (Å²) in [6, 6.07) is 11.2. The van der Waals surface area contributed by atoms with Gasteiger partial charge < -0.3 is 10.4 Å². The summed E-state index contributed by atoms with van der Waals surface area (Å²) in [4.78, 5) is 4.31. The maximum atomic E-state index is 10.4. The third kappa shape index (κ3) is 3.32. The molecule has 0 aliphatic rings. The summed E-state index contributed by atoms with van der Waals surface area (Å²) < 4.78 is 0. The molecule has 0 amide bonds. The summed E-state index contributed by atoms with van der Waals surface area (Å²) in [5.41, 5.74) is 1.74. The van der Waals surface area contributed by atoms with Crippen molar-refractivity contribution in [2.45, 2.75) is 32.4 Å². The number of nitrogens with zero attached hydrogens (tertiary/aromatic N) is 2. The fraction of sp³-hybridized carbons (Fsp3) is 0.375. The van der Waals surface area contributed by atoms with Gasteiger partial charge in [0.2, 0.25) is 0 Å². The zero-order chi connectivity index (χ0) is 14.8. The number of pyridine rings is 1. The minimum Gasteiger partial charge on any atom is -0.387 e. The summed E-state index contributed by atoms with van der Waals surface area (Å²) in [6.07, 6.45) is -0.653. The fourth-order valence-corrected chi connectivity index (χ4v) is 2.01. The number of aliphatic hydroxyl groups excluding tert-OH is 1. The summed E-state index contributed by atoms with van der Waals surface area (Å²) in [5.74, 6) is 0. The highest BCUT2D eigenvalue weighted by Crippen LogP contribution is 2.23. The van der Waals surface area contributed by atoms with Crippen molar-refractivity contribution in [2.24, 2.45) is 0 Å². The van der Waals surface area contributed by atoms with Gasteiger partial charge in [-0.3, -0.25) is 0 Å². The van der Waals surface area contributed by atoms with Crippen molar-refractivity contribution in [3.8, 4) is 6.07 Å². The van der Waals surface area contributed by atoms with Crippen LogP contribution in [0.2, 0.25) is 0 Å². The standard InChI is InChI=1S/C16H19N3O/c1-16(2,3)18-10-14(20)13-6-4-5-11-7-8-12(9-17)19-15(11)13/h4-8,14,18,20H,10H2,1-3H3/t14-/m0/s1. The normalized spacial score (nSPS) is 13.2. The summed E-state index contributed by atoms with van der Waals surface area (Å²) in [5, 5.41) is 23.5. The molecule has 2 aromatic rings. The van der Waals surface area contributed by atoms with E-state index in [1.165, 1.54) is 0 Å². The van der Waals surface area contributed by atoms with Crippen LogP contribution in [0.5, 0.6) is 0 Å². The Balaban J connectivity index is 2.36. The van der Waals surface area contributed by atoms with E-state index in [9.17, 15) is 5.11 Å². The SMILES string of the molecule is CC(C)(C)NC[C@H](O)c1cccc2ccc(C#N)nc12. The van der Waals surface area contributed by atoms with Gasteiger partial charge in [0.15, 0.2) is 0 Å². The Hall–Kier alpha value is -1.96. The molecule has 104 valence electrons. The average Bonchev–Trinajstić information content (AvgIpc) is 2.42. The van der Waals surface area contributed by atoms with Gasteiger partial charge in [-0.05, 0) is 32.9 Å². The Morgan fingerprint density at radius 3 is 2.70 bits per heavy atom. The summed E-state index contributed by atoms with van der Waals surface area (Å²) in [6.45, 7) is 6.60. The van der Waals surface area contributed by atoms with Gasteiger partial charge in [-0.25, -0.2) is 4.98 Å². The van der Waals surface area contributed by atoms with E-state index in [-0.39, 0.29) is 5.54 Å². The number of para-hydroxylation sites is 1. The molecule has 0 saturated heterocycles. The second-order valence-electron chi connectivity index (χ2n) is 5.87. The van der Waals surface area contributed by atoms with Crippen LogP contribution in [0.25, 0.3) is 10.9 Å². The molecule has 0 saturated carbocycles. The third-order valence-corrected chi connectivity index (χ3v) is 3.05. The minimum absolute atomic E-state index is 0.0587. The van der Waals surface area contributed by atoms with Crippen LogP contribution < -0.4 is 5.32 Å². The molecule has 0 aliphatic heterocycles. The lowest BCUT2D eigenvalue weighted by atomic mass is 10.0.